The Balaban J connectivity index is 1.58. The van der Waals surface area contributed by atoms with Gasteiger partial charge in [0.25, 0.3) is 0 Å². The van der Waals surface area contributed by atoms with Gasteiger partial charge >= 0.3 is 0 Å². The summed E-state index contributed by atoms with van der Waals surface area (Å²) < 4.78 is 0. The lowest BCUT2D eigenvalue weighted by atomic mass is 9.94. The summed E-state index contributed by atoms with van der Waals surface area (Å²) in [6.07, 6.45) is 8.23. The molecule has 0 aromatic heterocycles. The number of amides is 1. The predicted molar refractivity (Wildman–Crippen MR) is 86.9 cm³/mol. The summed E-state index contributed by atoms with van der Waals surface area (Å²) in [5.74, 6) is 0.419. The molecule has 0 spiro atoms. The van der Waals surface area contributed by atoms with Gasteiger partial charge in [0.15, 0.2) is 0 Å². The van der Waals surface area contributed by atoms with Crippen LogP contribution in [0.1, 0.15) is 31.2 Å². The number of hydrogen-bond donors (Lipinski definition) is 1. The van der Waals surface area contributed by atoms with E-state index < -0.39 is 0 Å². The van der Waals surface area contributed by atoms with Crippen LogP contribution in [0.5, 0.6) is 0 Å². The van der Waals surface area contributed by atoms with E-state index in [-0.39, 0.29) is 11.8 Å². The minimum atomic E-state index is 0.192. The van der Waals surface area contributed by atoms with Crippen LogP contribution in [-0.2, 0) is 11.3 Å². The SMILES string of the molecule is CN(CCCNC(=O)C1CC=CCC1)Cc1ccccc1. The van der Waals surface area contributed by atoms with Crippen LogP contribution in [0.2, 0.25) is 0 Å². The molecule has 0 saturated heterocycles. The van der Waals surface area contributed by atoms with Crippen LogP contribution in [0.4, 0.5) is 0 Å². The van der Waals surface area contributed by atoms with Crippen molar-refractivity contribution in [1.29, 1.82) is 0 Å². The number of nitrogens with one attached hydrogen (secondary N) is 1. The molecular weight excluding hydrogens is 260 g/mol. The van der Waals surface area contributed by atoms with Gasteiger partial charge in [0.05, 0.1) is 0 Å². The maximum absolute atomic E-state index is 12.0. The van der Waals surface area contributed by atoms with E-state index in [0.29, 0.717) is 0 Å². The number of benzene rings is 1. The molecule has 1 atom stereocenters. The molecule has 0 heterocycles. The van der Waals surface area contributed by atoms with Gasteiger partial charge in [0, 0.05) is 19.0 Å². The molecule has 1 aliphatic carbocycles. The fraction of sp³-hybridized carbons (Fsp3) is 0.500. The van der Waals surface area contributed by atoms with E-state index in [1.807, 2.05) is 6.07 Å². The zero-order chi connectivity index (χ0) is 14.9. The third kappa shape index (κ3) is 5.72. The number of rotatable bonds is 7. The Kier molecular flexibility index (Phi) is 6.48. The lowest BCUT2D eigenvalue weighted by Crippen LogP contribution is -2.33. The van der Waals surface area contributed by atoms with Crippen LogP contribution in [0.3, 0.4) is 0 Å². The fourth-order valence-electron chi connectivity index (χ4n) is 2.71. The minimum absolute atomic E-state index is 0.192. The van der Waals surface area contributed by atoms with Crippen LogP contribution < -0.4 is 5.32 Å². The average Bonchev–Trinajstić information content (AvgIpc) is 2.53. The average molecular weight is 286 g/mol. The van der Waals surface area contributed by atoms with Crippen molar-refractivity contribution in [2.75, 3.05) is 20.1 Å². The summed E-state index contributed by atoms with van der Waals surface area (Å²) in [6.45, 7) is 2.74. The van der Waals surface area contributed by atoms with E-state index in [0.717, 1.165) is 45.3 Å². The standard InChI is InChI=1S/C18H26N2O/c1-20(15-16-9-4-2-5-10-16)14-8-13-19-18(21)17-11-6-3-7-12-17/h2-6,9-10,17H,7-8,11-15H2,1H3,(H,19,21). The summed E-state index contributed by atoms with van der Waals surface area (Å²) >= 11 is 0. The summed E-state index contributed by atoms with van der Waals surface area (Å²) in [6, 6.07) is 10.5. The molecule has 2 rings (SSSR count). The Labute approximate surface area is 128 Å². The van der Waals surface area contributed by atoms with E-state index >= 15 is 0 Å². The Bertz CT molecular complexity index is 456. The highest BCUT2D eigenvalue weighted by molar-refractivity contribution is 5.78. The monoisotopic (exact) mass is 286 g/mol. The van der Waals surface area contributed by atoms with E-state index in [4.69, 9.17) is 0 Å². The van der Waals surface area contributed by atoms with Crippen molar-refractivity contribution in [3.05, 3.63) is 48.0 Å². The topological polar surface area (TPSA) is 32.3 Å². The molecule has 1 aliphatic rings. The highest BCUT2D eigenvalue weighted by Gasteiger charge is 2.17. The second kappa shape index (κ2) is 8.63. The molecule has 0 radical (unpaired) electrons. The molecule has 1 N–H and O–H groups in total. The predicted octanol–water partition coefficient (Wildman–Crippen LogP) is 2.98. The molecule has 0 aliphatic heterocycles. The second-order valence-corrected chi connectivity index (χ2v) is 5.85. The van der Waals surface area contributed by atoms with Crippen LogP contribution in [0, 0.1) is 5.92 Å². The molecule has 0 bridgehead atoms. The van der Waals surface area contributed by atoms with E-state index in [1.54, 1.807) is 0 Å². The summed E-state index contributed by atoms with van der Waals surface area (Å²) in [7, 11) is 2.13. The third-order valence-corrected chi connectivity index (χ3v) is 3.95. The van der Waals surface area contributed by atoms with Crippen LogP contribution in [0.25, 0.3) is 0 Å². The first-order valence-electron chi connectivity index (χ1n) is 7.91. The molecule has 1 amide bonds. The summed E-state index contributed by atoms with van der Waals surface area (Å²) in [4.78, 5) is 14.3. The van der Waals surface area contributed by atoms with Gasteiger partial charge in [-0.05, 0) is 44.8 Å². The first-order chi connectivity index (χ1) is 10.3. The van der Waals surface area contributed by atoms with E-state index in [1.165, 1.54) is 5.56 Å². The molecule has 1 aromatic rings. The Morgan fingerprint density at radius 1 is 1.29 bits per heavy atom. The van der Waals surface area contributed by atoms with Crippen molar-refractivity contribution in [1.82, 2.24) is 10.2 Å². The Morgan fingerprint density at radius 2 is 2.10 bits per heavy atom. The van der Waals surface area contributed by atoms with Crippen LogP contribution in [-0.4, -0.2) is 30.9 Å². The zero-order valence-corrected chi connectivity index (χ0v) is 12.9. The maximum atomic E-state index is 12.0. The number of allylic oxidation sites excluding steroid dienone is 2. The molecular formula is C18H26N2O. The van der Waals surface area contributed by atoms with Gasteiger partial charge in [0.2, 0.25) is 5.91 Å². The lowest BCUT2D eigenvalue weighted by Gasteiger charge is -2.19. The summed E-state index contributed by atoms with van der Waals surface area (Å²) in [5, 5.41) is 3.07. The number of carbonyl (C=O) groups excluding carboxylic acids is 1. The van der Waals surface area contributed by atoms with Gasteiger partial charge < -0.3 is 10.2 Å². The van der Waals surface area contributed by atoms with Crippen molar-refractivity contribution in [3.63, 3.8) is 0 Å². The Hall–Kier alpha value is -1.61. The van der Waals surface area contributed by atoms with Crippen molar-refractivity contribution in [3.8, 4) is 0 Å². The van der Waals surface area contributed by atoms with Crippen molar-refractivity contribution < 1.29 is 4.79 Å². The van der Waals surface area contributed by atoms with Crippen LogP contribution in [0.15, 0.2) is 42.5 Å². The van der Waals surface area contributed by atoms with Gasteiger partial charge in [-0.25, -0.2) is 0 Å². The number of carbonyl (C=O) groups is 1. The fourth-order valence-corrected chi connectivity index (χ4v) is 2.71. The molecule has 21 heavy (non-hydrogen) atoms. The van der Waals surface area contributed by atoms with E-state index in [9.17, 15) is 4.79 Å². The largest absolute Gasteiger partial charge is 0.356 e. The minimum Gasteiger partial charge on any atom is -0.356 e. The maximum Gasteiger partial charge on any atom is 0.223 e. The highest BCUT2D eigenvalue weighted by atomic mass is 16.1. The van der Waals surface area contributed by atoms with Crippen LogP contribution >= 0.6 is 0 Å². The van der Waals surface area contributed by atoms with Gasteiger partial charge in [-0.1, -0.05) is 42.5 Å². The lowest BCUT2D eigenvalue weighted by molar-refractivity contribution is -0.125. The molecule has 0 saturated carbocycles. The smallest absolute Gasteiger partial charge is 0.223 e. The molecule has 3 heteroatoms. The van der Waals surface area contributed by atoms with E-state index in [2.05, 4.69) is 53.7 Å². The molecule has 0 fully saturated rings. The quantitative estimate of drug-likeness (QED) is 0.617. The van der Waals surface area contributed by atoms with Gasteiger partial charge in [-0.15, -0.1) is 0 Å². The molecule has 1 unspecified atom stereocenters. The second-order valence-electron chi connectivity index (χ2n) is 5.85. The normalized spacial score (nSPS) is 17.9. The molecule has 1 aromatic carbocycles. The third-order valence-electron chi connectivity index (χ3n) is 3.95. The first kappa shape index (κ1) is 15.8. The van der Waals surface area contributed by atoms with Crippen molar-refractivity contribution in [2.24, 2.45) is 5.92 Å². The summed E-state index contributed by atoms with van der Waals surface area (Å²) in [5.41, 5.74) is 1.33. The van der Waals surface area contributed by atoms with Gasteiger partial charge in [-0.3, -0.25) is 4.79 Å². The zero-order valence-electron chi connectivity index (χ0n) is 12.9. The number of hydrogen-bond acceptors (Lipinski definition) is 2. The van der Waals surface area contributed by atoms with Gasteiger partial charge in [0.1, 0.15) is 0 Å². The Morgan fingerprint density at radius 3 is 2.81 bits per heavy atom. The molecule has 3 nitrogen and oxygen atoms in total. The van der Waals surface area contributed by atoms with Crippen molar-refractivity contribution in [2.45, 2.75) is 32.2 Å². The molecule has 114 valence electrons. The first-order valence-corrected chi connectivity index (χ1v) is 7.91. The highest BCUT2D eigenvalue weighted by Crippen LogP contribution is 2.17. The van der Waals surface area contributed by atoms with Gasteiger partial charge in [-0.2, -0.15) is 0 Å². The van der Waals surface area contributed by atoms with Crippen molar-refractivity contribution >= 4 is 5.91 Å². The number of nitrogens with zero attached hydrogens (tertiary/aromatic N) is 1.